The molecule has 1 amide bonds. The van der Waals surface area contributed by atoms with E-state index < -0.39 is 12.1 Å². The van der Waals surface area contributed by atoms with Gasteiger partial charge in [0.1, 0.15) is 11.5 Å². The Balaban J connectivity index is 1.92. The molecule has 0 saturated carbocycles. The van der Waals surface area contributed by atoms with Gasteiger partial charge in [0.15, 0.2) is 11.3 Å². The minimum Gasteiger partial charge on any atom is -0.457 e. The van der Waals surface area contributed by atoms with Crippen LogP contribution in [0.1, 0.15) is 5.76 Å². The topological polar surface area (TPSA) is 65.7 Å². The fourth-order valence-corrected chi connectivity index (χ4v) is 2.96. The number of halogens is 1. The summed E-state index contributed by atoms with van der Waals surface area (Å²) in [6.07, 6.45) is 1.84. The van der Waals surface area contributed by atoms with Crippen LogP contribution in [0.25, 0.3) is 17.4 Å². The number of rotatable bonds is 4. The number of nitrogens with one attached hydrogen (secondary N) is 1. The van der Waals surface area contributed by atoms with Crippen LogP contribution in [-0.4, -0.2) is 33.8 Å². The first-order valence-electron chi connectivity index (χ1n) is 7.49. The molecule has 7 heteroatoms. The summed E-state index contributed by atoms with van der Waals surface area (Å²) in [6, 6.07) is 10.8. The number of aliphatic hydroxyl groups excluding tert-OH is 1. The standard InChI is InChI=1S/C18H15ClN2O3S/c1-2-9-21-17(23)13(16(22)20-18(21)25)10-11-7-8-15(24-11)12-5-3-4-6-14(12)19/h2-8,10,16,22H,1,9H2,(H,20,25)/b13-10+. The lowest BCUT2D eigenvalue weighted by Crippen LogP contribution is -2.55. The van der Waals surface area contributed by atoms with Crippen molar-refractivity contribution >= 4 is 40.9 Å². The highest BCUT2D eigenvalue weighted by atomic mass is 35.5. The van der Waals surface area contributed by atoms with E-state index in [0.29, 0.717) is 16.5 Å². The molecule has 1 aliphatic heterocycles. The summed E-state index contributed by atoms with van der Waals surface area (Å²) >= 11 is 11.2. The molecule has 0 radical (unpaired) electrons. The normalized spacial score (nSPS) is 19.2. The maximum absolute atomic E-state index is 12.5. The number of amides is 1. The fourth-order valence-electron chi connectivity index (χ4n) is 2.46. The highest BCUT2D eigenvalue weighted by Gasteiger charge is 2.32. The number of nitrogens with zero attached hydrogens (tertiary/aromatic N) is 1. The summed E-state index contributed by atoms with van der Waals surface area (Å²) in [6.45, 7) is 3.85. The Bertz CT molecular complexity index is 875. The molecule has 1 aliphatic rings. The van der Waals surface area contributed by atoms with Gasteiger partial charge in [0, 0.05) is 12.1 Å². The van der Waals surface area contributed by atoms with Gasteiger partial charge in [0.2, 0.25) is 0 Å². The zero-order valence-corrected chi connectivity index (χ0v) is 14.7. The molecule has 128 valence electrons. The molecule has 25 heavy (non-hydrogen) atoms. The average molecular weight is 375 g/mol. The number of thiocarbonyl (C=S) groups is 1. The van der Waals surface area contributed by atoms with Gasteiger partial charge < -0.3 is 14.8 Å². The van der Waals surface area contributed by atoms with Crippen LogP contribution >= 0.6 is 23.8 Å². The molecule has 1 aromatic heterocycles. The van der Waals surface area contributed by atoms with Crippen LogP contribution in [-0.2, 0) is 4.79 Å². The molecule has 3 rings (SSSR count). The predicted octanol–water partition coefficient (Wildman–Crippen LogP) is 3.20. The van der Waals surface area contributed by atoms with Gasteiger partial charge >= 0.3 is 0 Å². The quantitative estimate of drug-likeness (QED) is 0.488. The summed E-state index contributed by atoms with van der Waals surface area (Å²) in [5.74, 6) is 0.596. The van der Waals surface area contributed by atoms with Gasteiger partial charge in [-0.05, 0) is 42.6 Å². The highest BCUT2D eigenvalue weighted by Crippen LogP contribution is 2.30. The number of benzene rings is 1. The maximum atomic E-state index is 12.5. The van der Waals surface area contributed by atoms with Crippen molar-refractivity contribution in [2.75, 3.05) is 6.54 Å². The minimum atomic E-state index is -1.20. The van der Waals surface area contributed by atoms with E-state index in [4.69, 9.17) is 28.2 Å². The molecule has 0 bridgehead atoms. The molecular formula is C18H15ClN2O3S. The monoisotopic (exact) mass is 374 g/mol. The lowest BCUT2D eigenvalue weighted by atomic mass is 10.1. The molecule has 1 fully saturated rings. The summed E-state index contributed by atoms with van der Waals surface area (Å²) in [4.78, 5) is 13.8. The van der Waals surface area contributed by atoms with E-state index in [1.54, 1.807) is 24.3 Å². The Labute approximate surface area is 155 Å². The lowest BCUT2D eigenvalue weighted by molar-refractivity contribution is -0.125. The summed E-state index contributed by atoms with van der Waals surface area (Å²) in [7, 11) is 0. The molecule has 5 nitrogen and oxygen atoms in total. The van der Waals surface area contributed by atoms with Crippen LogP contribution in [0.15, 0.2) is 59.0 Å². The predicted molar refractivity (Wildman–Crippen MR) is 101 cm³/mol. The Kier molecular flexibility index (Phi) is 5.03. The van der Waals surface area contributed by atoms with Gasteiger partial charge in [-0.25, -0.2) is 0 Å². The minimum absolute atomic E-state index is 0.135. The van der Waals surface area contributed by atoms with Gasteiger partial charge in [-0.2, -0.15) is 0 Å². The fraction of sp³-hybridized carbons (Fsp3) is 0.111. The van der Waals surface area contributed by atoms with E-state index in [1.165, 1.54) is 11.0 Å². The first-order valence-corrected chi connectivity index (χ1v) is 8.27. The van der Waals surface area contributed by atoms with Crippen LogP contribution in [0, 0.1) is 0 Å². The molecule has 1 atom stereocenters. The van der Waals surface area contributed by atoms with Gasteiger partial charge in [-0.15, -0.1) is 6.58 Å². The third-order valence-electron chi connectivity index (χ3n) is 3.67. The van der Waals surface area contributed by atoms with Crippen molar-refractivity contribution in [3.8, 4) is 11.3 Å². The number of furan rings is 1. The number of aliphatic hydroxyl groups is 1. The van der Waals surface area contributed by atoms with Crippen molar-refractivity contribution in [2.45, 2.75) is 6.23 Å². The zero-order valence-electron chi connectivity index (χ0n) is 13.1. The molecule has 1 aromatic carbocycles. The Morgan fingerprint density at radius 1 is 1.36 bits per heavy atom. The Hall–Kier alpha value is -2.41. The van der Waals surface area contributed by atoms with Crippen molar-refractivity contribution in [1.82, 2.24) is 10.2 Å². The van der Waals surface area contributed by atoms with E-state index in [9.17, 15) is 9.90 Å². The number of carbonyl (C=O) groups excluding carboxylic acids is 1. The molecule has 0 spiro atoms. The highest BCUT2D eigenvalue weighted by molar-refractivity contribution is 7.80. The van der Waals surface area contributed by atoms with Crippen molar-refractivity contribution in [1.29, 1.82) is 0 Å². The van der Waals surface area contributed by atoms with E-state index in [1.807, 2.05) is 18.2 Å². The van der Waals surface area contributed by atoms with Crippen LogP contribution in [0.4, 0.5) is 0 Å². The number of hydrogen-bond donors (Lipinski definition) is 2. The molecular weight excluding hydrogens is 360 g/mol. The van der Waals surface area contributed by atoms with Gasteiger partial charge in [0.05, 0.1) is 10.6 Å². The lowest BCUT2D eigenvalue weighted by Gasteiger charge is -2.32. The van der Waals surface area contributed by atoms with E-state index in [2.05, 4.69) is 11.9 Å². The third-order valence-corrected chi connectivity index (χ3v) is 4.34. The summed E-state index contributed by atoms with van der Waals surface area (Å²) in [5.41, 5.74) is 0.882. The van der Waals surface area contributed by atoms with Crippen LogP contribution < -0.4 is 5.32 Å². The van der Waals surface area contributed by atoms with Crippen molar-refractivity contribution in [3.05, 3.63) is 65.4 Å². The molecule has 2 N–H and O–H groups in total. The third kappa shape index (κ3) is 3.51. The van der Waals surface area contributed by atoms with E-state index in [-0.39, 0.29) is 17.2 Å². The average Bonchev–Trinajstić information content (AvgIpc) is 3.04. The first kappa shape index (κ1) is 17.4. The van der Waals surface area contributed by atoms with Crippen LogP contribution in [0.3, 0.4) is 0 Å². The SMILES string of the molecule is C=CCN1C(=O)/C(=C/c2ccc(-c3ccccc3Cl)o2)C(O)NC1=S. The van der Waals surface area contributed by atoms with Crippen molar-refractivity contribution in [2.24, 2.45) is 0 Å². The molecule has 1 unspecified atom stereocenters. The van der Waals surface area contributed by atoms with Crippen molar-refractivity contribution in [3.63, 3.8) is 0 Å². The smallest absolute Gasteiger partial charge is 0.260 e. The van der Waals surface area contributed by atoms with E-state index >= 15 is 0 Å². The van der Waals surface area contributed by atoms with Crippen LogP contribution in [0.5, 0.6) is 0 Å². The second-order valence-corrected chi connectivity index (χ2v) is 6.13. The van der Waals surface area contributed by atoms with Gasteiger partial charge in [0.25, 0.3) is 5.91 Å². The molecule has 2 heterocycles. The summed E-state index contributed by atoms with van der Waals surface area (Å²) < 4.78 is 5.75. The molecule has 2 aromatic rings. The molecule has 1 saturated heterocycles. The Morgan fingerprint density at radius 3 is 2.84 bits per heavy atom. The first-order chi connectivity index (χ1) is 12.0. The van der Waals surface area contributed by atoms with Gasteiger partial charge in [-0.1, -0.05) is 29.8 Å². The second-order valence-electron chi connectivity index (χ2n) is 5.34. The van der Waals surface area contributed by atoms with Crippen LogP contribution in [0.2, 0.25) is 5.02 Å². The largest absolute Gasteiger partial charge is 0.457 e. The number of carbonyl (C=O) groups is 1. The Morgan fingerprint density at radius 2 is 2.12 bits per heavy atom. The van der Waals surface area contributed by atoms with E-state index in [0.717, 1.165) is 5.56 Å². The molecule has 0 aliphatic carbocycles. The zero-order chi connectivity index (χ0) is 18.0. The maximum Gasteiger partial charge on any atom is 0.260 e. The second kappa shape index (κ2) is 7.23. The number of hydrogen-bond acceptors (Lipinski definition) is 4. The summed E-state index contributed by atoms with van der Waals surface area (Å²) in [5, 5.41) is 13.5. The van der Waals surface area contributed by atoms with Gasteiger partial charge in [-0.3, -0.25) is 9.69 Å². The van der Waals surface area contributed by atoms with Crippen molar-refractivity contribution < 1.29 is 14.3 Å².